The SMILES string of the molecule is CNc1nn(C)c2cc(C3CCN(Cc4cccc(SN5CCC(Nc6ncc7c(n6)N([C@@H](C)C6CC6)C(=O)C76CC6)CC5)c4)CC3)ccc12. The van der Waals surface area contributed by atoms with Gasteiger partial charge in [-0.2, -0.15) is 10.1 Å². The Balaban J connectivity index is 0.766. The van der Waals surface area contributed by atoms with Crippen LogP contribution in [-0.4, -0.2) is 80.2 Å². The van der Waals surface area contributed by atoms with Gasteiger partial charge in [0.15, 0.2) is 5.82 Å². The van der Waals surface area contributed by atoms with Crippen molar-refractivity contribution in [2.75, 3.05) is 48.8 Å². The van der Waals surface area contributed by atoms with Gasteiger partial charge in [-0.25, -0.2) is 9.29 Å². The van der Waals surface area contributed by atoms with Crippen LogP contribution in [0.2, 0.25) is 0 Å². The molecule has 2 aliphatic carbocycles. The Bertz CT molecular complexity index is 1900. The van der Waals surface area contributed by atoms with Crippen molar-refractivity contribution in [3.8, 4) is 0 Å². The van der Waals surface area contributed by atoms with E-state index in [0.717, 1.165) is 75.6 Å². The zero-order chi connectivity index (χ0) is 34.0. The lowest BCUT2D eigenvalue weighted by Crippen LogP contribution is -2.40. The minimum atomic E-state index is -0.332. The number of aryl methyl sites for hydroxylation is 1. The van der Waals surface area contributed by atoms with Crippen LogP contribution in [-0.2, 0) is 23.8 Å². The van der Waals surface area contributed by atoms with E-state index in [4.69, 9.17) is 9.97 Å². The molecule has 50 heavy (non-hydrogen) atoms. The van der Waals surface area contributed by atoms with Crippen LogP contribution in [0.1, 0.15) is 80.9 Å². The summed E-state index contributed by atoms with van der Waals surface area (Å²) in [5, 5.41) is 12.7. The van der Waals surface area contributed by atoms with Crippen LogP contribution in [0.15, 0.2) is 53.6 Å². The van der Waals surface area contributed by atoms with Gasteiger partial charge in [0.25, 0.3) is 0 Å². The summed E-state index contributed by atoms with van der Waals surface area (Å²) in [6, 6.07) is 16.6. The highest BCUT2D eigenvalue weighted by Gasteiger charge is 2.61. The number of anilines is 3. The summed E-state index contributed by atoms with van der Waals surface area (Å²) >= 11 is 1.89. The molecule has 0 radical (unpaired) electrons. The van der Waals surface area contributed by atoms with E-state index < -0.39 is 0 Å². The van der Waals surface area contributed by atoms with E-state index in [2.05, 4.69) is 74.3 Å². The summed E-state index contributed by atoms with van der Waals surface area (Å²) in [7, 11) is 3.97. The lowest BCUT2D eigenvalue weighted by Gasteiger charge is -2.33. The van der Waals surface area contributed by atoms with Crippen molar-refractivity contribution in [2.45, 2.75) is 93.1 Å². The second-order valence-electron chi connectivity index (χ2n) is 15.4. The van der Waals surface area contributed by atoms with Crippen molar-refractivity contribution in [1.82, 2.24) is 29.0 Å². The molecule has 2 saturated carbocycles. The molecule has 11 heteroatoms. The van der Waals surface area contributed by atoms with Crippen molar-refractivity contribution in [3.05, 3.63) is 65.4 Å². The zero-order valence-corrected chi connectivity index (χ0v) is 30.4. The van der Waals surface area contributed by atoms with Gasteiger partial charge in [-0.3, -0.25) is 19.3 Å². The third-order valence-corrected chi connectivity index (χ3v) is 13.2. The fourth-order valence-electron chi connectivity index (χ4n) is 8.70. The Morgan fingerprint density at radius 2 is 1.80 bits per heavy atom. The Hall–Kier alpha value is -3.67. The number of rotatable bonds is 10. The number of carbonyl (C=O) groups is 1. The first-order chi connectivity index (χ1) is 24.4. The lowest BCUT2D eigenvalue weighted by atomic mass is 9.89. The number of piperidine rings is 2. The number of likely N-dealkylation sites (tertiary alicyclic amines) is 1. The van der Waals surface area contributed by atoms with Crippen molar-refractivity contribution < 1.29 is 4.79 Å². The average Bonchev–Trinajstić information content (AvgIpc) is 4.07. The predicted molar refractivity (Wildman–Crippen MR) is 201 cm³/mol. The number of fused-ring (bicyclic) bond motifs is 3. The summed E-state index contributed by atoms with van der Waals surface area (Å²) in [4.78, 5) is 29.1. The number of amides is 1. The molecule has 10 nitrogen and oxygen atoms in total. The number of nitrogens with one attached hydrogen (secondary N) is 2. The minimum absolute atomic E-state index is 0.224. The molecule has 9 rings (SSSR count). The second kappa shape index (κ2) is 12.8. The van der Waals surface area contributed by atoms with E-state index >= 15 is 0 Å². The molecule has 2 saturated heterocycles. The molecule has 1 amide bonds. The van der Waals surface area contributed by atoms with Gasteiger partial charge in [-0.15, -0.1) is 0 Å². The molecular weight excluding hydrogens is 643 g/mol. The average molecular weight is 692 g/mol. The number of carbonyl (C=O) groups excluding carboxylic acids is 1. The molecule has 5 aliphatic rings. The molecule has 262 valence electrons. The molecule has 1 spiro atoms. The number of nitrogens with zero attached hydrogens (tertiary/aromatic N) is 7. The molecular formula is C39H49N9OS. The molecule has 2 aromatic carbocycles. The van der Waals surface area contributed by atoms with Crippen LogP contribution in [0.4, 0.5) is 17.6 Å². The van der Waals surface area contributed by atoms with Gasteiger partial charge >= 0.3 is 0 Å². The van der Waals surface area contributed by atoms with Crippen LogP contribution >= 0.6 is 11.9 Å². The molecule has 4 fully saturated rings. The molecule has 4 aromatic rings. The highest BCUT2D eigenvalue weighted by Crippen LogP contribution is 2.58. The van der Waals surface area contributed by atoms with Gasteiger partial charge in [0, 0.05) is 67.9 Å². The molecule has 2 N–H and O–H groups in total. The maximum atomic E-state index is 13.5. The van der Waals surface area contributed by atoms with Crippen LogP contribution in [0.3, 0.4) is 0 Å². The van der Waals surface area contributed by atoms with E-state index in [-0.39, 0.29) is 17.4 Å². The summed E-state index contributed by atoms with van der Waals surface area (Å²) in [6.07, 6.45) is 10.7. The van der Waals surface area contributed by atoms with E-state index in [0.29, 0.717) is 23.8 Å². The maximum absolute atomic E-state index is 13.5. The maximum Gasteiger partial charge on any atom is 0.239 e. The summed E-state index contributed by atoms with van der Waals surface area (Å²) in [5.74, 6) is 3.95. The zero-order valence-electron chi connectivity index (χ0n) is 29.6. The quantitative estimate of drug-likeness (QED) is 0.180. The van der Waals surface area contributed by atoms with E-state index in [1.165, 1.54) is 52.6 Å². The second-order valence-corrected chi connectivity index (χ2v) is 16.6. The van der Waals surface area contributed by atoms with E-state index in [1.54, 1.807) is 0 Å². The highest BCUT2D eigenvalue weighted by molar-refractivity contribution is 7.97. The first-order valence-electron chi connectivity index (χ1n) is 18.7. The van der Waals surface area contributed by atoms with Crippen LogP contribution in [0.25, 0.3) is 10.9 Å². The summed E-state index contributed by atoms with van der Waals surface area (Å²) in [5.41, 5.74) is 4.76. The van der Waals surface area contributed by atoms with Gasteiger partial charge in [-0.1, -0.05) is 18.2 Å². The molecule has 0 unspecified atom stereocenters. The van der Waals surface area contributed by atoms with Crippen LogP contribution < -0.4 is 15.5 Å². The van der Waals surface area contributed by atoms with Crippen molar-refractivity contribution in [1.29, 1.82) is 0 Å². The minimum Gasteiger partial charge on any atom is -0.371 e. The molecule has 1 atom stereocenters. The van der Waals surface area contributed by atoms with Crippen molar-refractivity contribution >= 4 is 46.3 Å². The Labute approximate surface area is 299 Å². The first kappa shape index (κ1) is 32.3. The third kappa shape index (κ3) is 5.94. The third-order valence-electron chi connectivity index (χ3n) is 12.1. The smallest absolute Gasteiger partial charge is 0.239 e. The van der Waals surface area contributed by atoms with E-state index in [1.807, 2.05) is 41.8 Å². The number of hydrogen-bond donors (Lipinski definition) is 2. The van der Waals surface area contributed by atoms with Gasteiger partial charge in [0.05, 0.1) is 10.9 Å². The monoisotopic (exact) mass is 691 g/mol. The molecule has 0 bridgehead atoms. The van der Waals surface area contributed by atoms with Gasteiger partial charge in [-0.05, 0) is 131 Å². The number of hydrogen-bond acceptors (Lipinski definition) is 9. The van der Waals surface area contributed by atoms with Crippen molar-refractivity contribution in [2.24, 2.45) is 13.0 Å². The first-order valence-corrected chi connectivity index (χ1v) is 19.5. The van der Waals surface area contributed by atoms with Gasteiger partial charge in [0.1, 0.15) is 5.82 Å². The highest BCUT2D eigenvalue weighted by atomic mass is 32.2. The summed E-state index contributed by atoms with van der Waals surface area (Å²) < 4.78 is 4.49. The fraction of sp³-hybridized carbons (Fsp3) is 0.538. The Morgan fingerprint density at radius 1 is 1.00 bits per heavy atom. The predicted octanol–water partition coefficient (Wildman–Crippen LogP) is 6.54. The van der Waals surface area contributed by atoms with E-state index in [9.17, 15) is 4.79 Å². The van der Waals surface area contributed by atoms with Crippen LogP contribution in [0, 0.1) is 5.92 Å². The van der Waals surface area contributed by atoms with Gasteiger partial charge < -0.3 is 10.6 Å². The molecule has 2 aromatic heterocycles. The molecule has 5 heterocycles. The Morgan fingerprint density at radius 3 is 2.54 bits per heavy atom. The lowest BCUT2D eigenvalue weighted by molar-refractivity contribution is -0.120. The van der Waals surface area contributed by atoms with Crippen LogP contribution in [0.5, 0.6) is 0 Å². The largest absolute Gasteiger partial charge is 0.371 e. The summed E-state index contributed by atoms with van der Waals surface area (Å²) in [6.45, 7) is 7.47. The fourth-order valence-corrected chi connectivity index (χ4v) is 9.74. The molecule has 3 aliphatic heterocycles. The topological polar surface area (TPSA) is 94.5 Å². The number of aromatic nitrogens is 4. The van der Waals surface area contributed by atoms with Crippen molar-refractivity contribution in [3.63, 3.8) is 0 Å². The normalized spacial score (nSPS) is 22.0. The Kier molecular flexibility index (Phi) is 8.27. The standard InChI is InChI=1S/C39H49N9OS/c1-25(27-7-8-27)48-36-33(39(15-16-39)37(48)49)23-41-38(43-36)42-30-13-19-47(20-14-30)50-31-6-4-5-26(21-31)24-46-17-11-28(12-18-46)29-9-10-32-34(22-29)45(3)44-35(32)40-2/h4-6,9-10,21-23,25,27-28,30H,7-8,11-20,24H2,1-3H3,(H,40,44)(H,41,42,43)/t25-/m0/s1. The van der Waals surface area contributed by atoms with Gasteiger partial charge in [0.2, 0.25) is 11.9 Å². The number of benzene rings is 2.